The summed E-state index contributed by atoms with van der Waals surface area (Å²) in [5.74, 6) is 0. The molecule has 0 aromatic heterocycles. The molecular weight excluding hydrogens is 175 g/mol. The standard InChI is InChI=1S/C5H9.In/c1-3-5-4-2;/h1,4H,3,5H2,2H3;. The molecule has 1 aliphatic heterocycles. The van der Waals surface area contributed by atoms with E-state index in [2.05, 4.69) is 10.7 Å². The molecule has 0 saturated carbocycles. The van der Waals surface area contributed by atoms with Gasteiger partial charge in [0.15, 0.2) is 0 Å². The van der Waals surface area contributed by atoms with Gasteiger partial charge in [0, 0.05) is 0 Å². The van der Waals surface area contributed by atoms with Gasteiger partial charge in [-0.25, -0.2) is 0 Å². The second-order valence-electron chi connectivity index (χ2n) is 1.98. The van der Waals surface area contributed by atoms with Crippen LogP contribution in [0.15, 0.2) is 0 Å². The molecule has 0 aliphatic carbocycles. The normalized spacial score (nSPS) is 30.5. The molecule has 0 aromatic carbocycles. The van der Waals surface area contributed by atoms with Crippen LogP contribution in [0.1, 0.15) is 19.8 Å². The number of hydrogen-bond acceptors (Lipinski definition) is 0. The van der Waals surface area contributed by atoms with Crippen LogP contribution >= 0.6 is 0 Å². The zero-order valence-corrected chi connectivity index (χ0v) is 7.44. The Morgan fingerprint density at radius 1 is 1.83 bits per heavy atom. The molecule has 1 aliphatic rings. The first-order valence-electron chi connectivity index (χ1n) is 2.56. The Hall–Kier alpha value is 0.740. The first kappa shape index (κ1) is 4.89. The Bertz CT molecular complexity index is 66.3. The van der Waals surface area contributed by atoms with Crippen molar-refractivity contribution in [1.82, 2.24) is 0 Å². The van der Waals surface area contributed by atoms with Gasteiger partial charge in [-0.05, 0) is 0 Å². The zero-order valence-electron chi connectivity index (χ0n) is 4.15. The predicted molar refractivity (Wildman–Crippen MR) is 30.5 cm³/mol. The Labute approximate surface area is 49.8 Å². The van der Waals surface area contributed by atoms with E-state index in [1.165, 1.54) is 16.5 Å². The maximum atomic E-state index is 2.57. The predicted octanol–water partition coefficient (Wildman–Crippen LogP) is 1.09. The third-order valence-corrected chi connectivity index (χ3v) is 5.81. The third kappa shape index (κ3) is 1.11. The van der Waals surface area contributed by atoms with E-state index in [1.807, 2.05) is 0 Å². The molecule has 0 spiro atoms. The van der Waals surface area contributed by atoms with E-state index in [0.717, 1.165) is 0 Å². The van der Waals surface area contributed by atoms with E-state index in [4.69, 9.17) is 0 Å². The fourth-order valence-corrected chi connectivity index (χ4v) is 4.31. The molecule has 32 valence electrons. The molecule has 1 atom stereocenters. The van der Waals surface area contributed by atoms with Crippen molar-refractivity contribution in [3.63, 3.8) is 0 Å². The van der Waals surface area contributed by atoms with Gasteiger partial charge < -0.3 is 0 Å². The van der Waals surface area contributed by atoms with Crippen molar-refractivity contribution in [3.8, 4) is 0 Å². The van der Waals surface area contributed by atoms with Gasteiger partial charge in [0.05, 0.1) is 0 Å². The number of hydrogen-bond donors (Lipinski definition) is 0. The van der Waals surface area contributed by atoms with Crippen LogP contribution in [0.2, 0.25) is 3.67 Å². The van der Waals surface area contributed by atoms with Gasteiger partial charge in [-0.15, -0.1) is 0 Å². The minimum absolute atomic E-state index is 0.0322. The molecule has 0 fully saturated rings. The monoisotopic (exact) mass is 184 g/mol. The van der Waals surface area contributed by atoms with Crippen molar-refractivity contribution in [3.05, 3.63) is 0 Å². The molecule has 0 aromatic rings. The topological polar surface area (TPSA) is 0 Å². The van der Waals surface area contributed by atoms with Gasteiger partial charge in [-0.1, -0.05) is 0 Å². The Morgan fingerprint density at radius 2 is 2.67 bits per heavy atom. The van der Waals surface area contributed by atoms with Crippen LogP contribution in [-0.2, 0) is 0 Å². The molecule has 1 rings (SSSR count). The Balaban J connectivity index is 2.38. The van der Waals surface area contributed by atoms with Crippen LogP contribution in [0.5, 0.6) is 0 Å². The first-order valence-corrected chi connectivity index (χ1v) is 6.37. The van der Waals surface area contributed by atoms with Gasteiger partial charge >= 0.3 is 49.6 Å². The average molecular weight is 184 g/mol. The van der Waals surface area contributed by atoms with Crippen LogP contribution in [0.3, 0.4) is 0 Å². The first-order chi connectivity index (χ1) is 2.89. The summed E-state index contributed by atoms with van der Waals surface area (Å²) in [4.78, 5) is 0. The molecule has 0 saturated heterocycles. The van der Waals surface area contributed by atoms with E-state index in [-0.39, 0.29) is 22.4 Å². The summed E-state index contributed by atoms with van der Waals surface area (Å²) in [5, 5.41) is 0. The maximum absolute atomic E-state index is 2.57. The molecule has 1 heterocycles. The fraction of sp³-hybridized carbons (Fsp3) is 0.800. The van der Waals surface area contributed by atoms with Crippen molar-refractivity contribution in [2.45, 2.75) is 23.4 Å². The summed E-state index contributed by atoms with van der Waals surface area (Å²) in [5.41, 5.74) is 0. The third-order valence-electron chi connectivity index (χ3n) is 1.25. The Kier molecular flexibility index (Phi) is 1.75. The summed E-state index contributed by atoms with van der Waals surface area (Å²) >= 11 is -0.0322. The molecule has 0 N–H and O–H groups in total. The zero-order chi connectivity index (χ0) is 4.41. The van der Waals surface area contributed by atoms with Crippen molar-refractivity contribution < 1.29 is 0 Å². The molecule has 0 radical (unpaired) electrons. The summed E-state index contributed by atoms with van der Waals surface area (Å²) in [6.07, 6.45) is 2.96. The van der Waals surface area contributed by atoms with E-state index in [1.54, 1.807) is 0 Å². The summed E-state index contributed by atoms with van der Waals surface area (Å²) in [7, 11) is 0. The van der Waals surface area contributed by atoms with Crippen molar-refractivity contribution in [1.29, 1.82) is 0 Å². The SMILES string of the molecule is C[CH]1CC[CH]=[In]1. The molecule has 6 heavy (non-hydrogen) atoms. The van der Waals surface area contributed by atoms with Crippen LogP contribution in [0, 0.1) is 0 Å². The van der Waals surface area contributed by atoms with E-state index in [9.17, 15) is 0 Å². The van der Waals surface area contributed by atoms with Crippen molar-refractivity contribution >= 4 is 26.2 Å². The Morgan fingerprint density at radius 3 is 2.83 bits per heavy atom. The molecule has 0 amide bonds. The van der Waals surface area contributed by atoms with Crippen molar-refractivity contribution in [2.75, 3.05) is 0 Å². The fourth-order valence-electron chi connectivity index (χ4n) is 0.784. The molecule has 0 nitrogen and oxygen atoms in total. The van der Waals surface area contributed by atoms with Crippen LogP contribution < -0.4 is 0 Å². The van der Waals surface area contributed by atoms with Crippen LogP contribution in [0.4, 0.5) is 0 Å². The van der Waals surface area contributed by atoms with Gasteiger partial charge in [0.1, 0.15) is 0 Å². The quantitative estimate of drug-likeness (QED) is 0.528. The van der Waals surface area contributed by atoms with Gasteiger partial charge in [0.25, 0.3) is 0 Å². The van der Waals surface area contributed by atoms with Crippen LogP contribution in [0.25, 0.3) is 0 Å². The van der Waals surface area contributed by atoms with E-state index >= 15 is 0 Å². The van der Waals surface area contributed by atoms with Crippen LogP contribution in [-0.4, -0.2) is 26.2 Å². The summed E-state index contributed by atoms with van der Waals surface area (Å²) in [6, 6.07) is 0. The summed E-state index contributed by atoms with van der Waals surface area (Å²) in [6.45, 7) is 2.39. The molecule has 1 heteroatoms. The van der Waals surface area contributed by atoms with E-state index in [0.29, 0.717) is 0 Å². The molecule has 1 unspecified atom stereocenters. The van der Waals surface area contributed by atoms with Gasteiger partial charge in [0.2, 0.25) is 0 Å². The average Bonchev–Trinajstić information content (AvgIpc) is 1.86. The number of rotatable bonds is 0. The second-order valence-corrected chi connectivity index (χ2v) is 7.67. The second kappa shape index (κ2) is 2.15. The van der Waals surface area contributed by atoms with Gasteiger partial charge in [-0.2, -0.15) is 0 Å². The van der Waals surface area contributed by atoms with Gasteiger partial charge in [-0.3, -0.25) is 0 Å². The minimum atomic E-state index is -0.0322. The van der Waals surface area contributed by atoms with E-state index < -0.39 is 0 Å². The van der Waals surface area contributed by atoms with Crippen molar-refractivity contribution in [2.24, 2.45) is 0 Å². The molecular formula is C5H9In. The summed E-state index contributed by atoms with van der Waals surface area (Å²) < 4.78 is 3.75. The molecule has 0 bridgehead atoms.